The Morgan fingerprint density at radius 1 is 1.06 bits per heavy atom. The summed E-state index contributed by atoms with van der Waals surface area (Å²) in [7, 11) is 0. The number of nitriles is 1. The second-order valence-corrected chi connectivity index (χ2v) is 5.98. The lowest BCUT2D eigenvalue weighted by Crippen LogP contribution is -2.51. The number of nitrogens with one attached hydrogen (secondary N) is 1. The number of rotatable bonds is 2. The maximum Gasteiger partial charge on any atom is 0.240 e. The van der Waals surface area contributed by atoms with Gasteiger partial charge in [0, 0.05) is 5.54 Å². The lowest BCUT2D eigenvalue weighted by Gasteiger charge is -2.34. The van der Waals surface area contributed by atoms with Crippen LogP contribution in [0.3, 0.4) is 0 Å². The van der Waals surface area contributed by atoms with Gasteiger partial charge >= 0.3 is 0 Å². The summed E-state index contributed by atoms with van der Waals surface area (Å²) in [6.45, 7) is 2.12. The molecule has 0 aromatic heterocycles. The zero-order valence-corrected chi connectivity index (χ0v) is 10.7. The van der Waals surface area contributed by atoms with Crippen LogP contribution in [0.15, 0.2) is 0 Å². The van der Waals surface area contributed by atoms with Crippen molar-refractivity contribution in [2.45, 2.75) is 70.3 Å². The van der Waals surface area contributed by atoms with Gasteiger partial charge in [0.05, 0.1) is 6.07 Å². The fraction of sp³-hybridized carbons (Fsp3) is 0.857. The van der Waals surface area contributed by atoms with Gasteiger partial charge in [-0.1, -0.05) is 32.1 Å². The molecular formula is C14H22N2O. The first-order chi connectivity index (χ1) is 8.10. The third-order valence-electron chi connectivity index (χ3n) is 4.48. The minimum atomic E-state index is -0.732. The highest BCUT2D eigenvalue weighted by molar-refractivity contribution is 5.86. The average molecular weight is 234 g/mol. The van der Waals surface area contributed by atoms with Crippen molar-refractivity contribution in [1.82, 2.24) is 5.32 Å². The summed E-state index contributed by atoms with van der Waals surface area (Å²) in [4.78, 5) is 12.4. The number of carbonyl (C=O) groups is 1. The van der Waals surface area contributed by atoms with E-state index in [1.165, 1.54) is 12.8 Å². The van der Waals surface area contributed by atoms with E-state index in [0.717, 1.165) is 44.9 Å². The lowest BCUT2D eigenvalue weighted by molar-refractivity contribution is -0.131. The van der Waals surface area contributed by atoms with E-state index in [-0.39, 0.29) is 11.4 Å². The van der Waals surface area contributed by atoms with Gasteiger partial charge in [-0.25, -0.2) is 0 Å². The van der Waals surface area contributed by atoms with Gasteiger partial charge in [-0.05, 0) is 32.6 Å². The molecule has 0 bridgehead atoms. The first-order valence-corrected chi connectivity index (χ1v) is 6.84. The Morgan fingerprint density at radius 3 is 2.12 bits per heavy atom. The molecule has 0 unspecified atom stereocenters. The largest absolute Gasteiger partial charge is 0.350 e. The van der Waals surface area contributed by atoms with Crippen molar-refractivity contribution >= 4 is 5.91 Å². The van der Waals surface area contributed by atoms with Crippen LogP contribution in [0.25, 0.3) is 0 Å². The maximum absolute atomic E-state index is 12.4. The zero-order valence-electron chi connectivity index (χ0n) is 10.7. The Labute approximate surface area is 104 Å². The number of hydrogen-bond acceptors (Lipinski definition) is 2. The van der Waals surface area contributed by atoms with Crippen molar-refractivity contribution in [2.75, 3.05) is 0 Å². The topological polar surface area (TPSA) is 52.9 Å². The molecule has 0 atom stereocenters. The average Bonchev–Trinajstić information content (AvgIpc) is 2.76. The Kier molecular flexibility index (Phi) is 3.42. The number of hydrogen-bond donors (Lipinski definition) is 1. The predicted molar refractivity (Wildman–Crippen MR) is 66.1 cm³/mol. The molecule has 2 fully saturated rings. The SMILES string of the molecule is CC1(NC(=O)C2(C#N)CCCCC2)CCCC1. The molecule has 17 heavy (non-hydrogen) atoms. The molecule has 1 N–H and O–H groups in total. The van der Waals surface area contributed by atoms with Crippen LogP contribution < -0.4 is 5.32 Å². The van der Waals surface area contributed by atoms with Gasteiger partial charge in [-0.3, -0.25) is 4.79 Å². The van der Waals surface area contributed by atoms with Crippen LogP contribution in [-0.2, 0) is 4.79 Å². The van der Waals surface area contributed by atoms with Crippen molar-refractivity contribution in [3.05, 3.63) is 0 Å². The molecule has 2 rings (SSSR count). The third-order valence-corrected chi connectivity index (χ3v) is 4.48. The number of amides is 1. The zero-order chi connectivity index (χ0) is 12.4. The summed E-state index contributed by atoms with van der Waals surface area (Å²) in [5, 5.41) is 12.5. The molecule has 0 spiro atoms. The molecule has 2 saturated carbocycles. The molecular weight excluding hydrogens is 212 g/mol. The first-order valence-electron chi connectivity index (χ1n) is 6.84. The van der Waals surface area contributed by atoms with Crippen molar-refractivity contribution in [3.63, 3.8) is 0 Å². The molecule has 1 amide bonds. The highest BCUT2D eigenvalue weighted by Gasteiger charge is 2.43. The van der Waals surface area contributed by atoms with E-state index >= 15 is 0 Å². The fourth-order valence-corrected chi connectivity index (χ4v) is 3.22. The summed E-state index contributed by atoms with van der Waals surface area (Å²) < 4.78 is 0. The Hall–Kier alpha value is -1.04. The fourth-order valence-electron chi connectivity index (χ4n) is 3.22. The minimum absolute atomic E-state index is 0.0101. The van der Waals surface area contributed by atoms with Gasteiger partial charge in [-0.2, -0.15) is 5.26 Å². The van der Waals surface area contributed by atoms with E-state index in [2.05, 4.69) is 18.3 Å². The van der Waals surface area contributed by atoms with Gasteiger partial charge in [0.25, 0.3) is 0 Å². The molecule has 0 radical (unpaired) electrons. The van der Waals surface area contributed by atoms with Gasteiger partial charge in [0.15, 0.2) is 0 Å². The normalized spacial score (nSPS) is 26.1. The molecule has 2 aliphatic carbocycles. The second-order valence-electron chi connectivity index (χ2n) is 5.98. The molecule has 0 aromatic rings. The van der Waals surface area contributed by atoms with Gasteiger partial charge in [-0.15, -0.1) is 0 Å². The number of carbonyl (C=O) groups excluding carboxylic acids is 1. The maximum atomic E-state index is 12.4. The summed E-state index contributed by atoms with van der Waals surface area (Å²) in [6.07, 6.45) is 9.16. The second kappa shape index (κ2) is 4.68. The van der Waals surface area contributed by atoms with Crippen LogP contribution in [0.5, 0.6) is 0 Å². The van der Waals surface area contributed by atoms with Gasteiger partial charge < -0.3 is 5.32 Å². The van der Waals surface area contributed by atoms with Crippen LogP contribution in [0, 0.1) is 16.7 Å². The summed E-state index contributed by atoms with van der Waals surface area (Å²) >= 11 is 0. The van der Waals surface area contributed by atoms with E-state index in [0.29, 0.717) is 0 Å². The smallest absolute Gasteiger partial charge is 0.240 e. The van der Waals surface area contributed by atoms with Crippen LogP contribution in [0.1, 0.15) is 64.7 Å². The standard InChI is InChI=1S/C14H22N2O/c1-13(7-5-6-8-13)16-12(17)14(11-15)9-3-2-4-10-14/h2-10H2,1H3,(H,16,17). The molecule has 3 nitrogen and oxygen atoms in total. The van der Waals surface area contributed by atoms with E-state index < -0.39 is 5.41 Å². The highest BCUT2D eigenvalue weighted by Crippen LogP contribution is 2.37. The highest BCUT2D eigenvalue weighted by atomic mass is 16.2. The lowest BCUT2D eigenvalue weighted by atomic mass is 9.74. The van der Waals surface area contributed by atoms with Gasteiger partial charge in [0.2, 0.25) is 5.91 Å². The van der Waals surface area contributed by atoms with E-state index in [9.17, 15) is 10.1 Å². The third kappa shape index (κ3) is 2.46. The molecule has 0 saturated heterocycles. The van der Waals surface area contributed by atoms with Crippen molar-refractivity contribution in [1.29, 1.82) is 5.26 Å². The summed E-state index contributed by atoms with van der Waals surface area (Å²) in [6, 6.07) is 2.30. The molecule has 3 heteroatoms. The van der Waals surface area contributed by atoms with Crippen LogP contribution >= 0.6 is 0 Å². The van der Waals surface area contributed by atoms with Crippen LogP contribution in [0.4, 0.5) is 0 Å². The Balaban J connectivity index is 2.05. The van der Waals surface area contributed by atoms with Crippen LogP contribution in [-0.4, -0.2) is 11.4 Å². The molecule has 0 heterocycles. The van der Waals surface area contributed by atoms with Gasteiger partial charge in [0.1, 0.15) is 5.41 Å². The molecule has 0 aliphatic heterocycles. The Morgan fingerprint density at radius 2 is 1.59 bits per heavy atom. The van der Waals surface area contributed by atoms with Crippen molar-refractivity contribution < 1.29 is 4.79 Å². The van der Waals surface area contributed by atoms with E-state index in [4.69, 9.17) is 0 Å². The van der Waals surface area contributed by atoms with Crippen molar-refractivity contribution in [3.8, 4) is 6.07 Å². The summed E-state index contributed by atoms with van der Waals surface area (Å²) in [5.41, 5.74) is -0.789. The molecule has 94 valence electrons. The monoisotopic (exact) mass is 234 g/mol. The minimum Gasteiger partial charge on any atom is -0.350 e. The first kappa shape index (κ1) is 12.4. The molecule has 2 aliphatic rings. The Bertz CT molecular complexity index is 331. The van der Waals surface area contributed by atoms with E-state index in [1.54, 1.807) is 0 Å². The quantitative estimate of drug-likeness (QED) is 0.798. The van der Waals surface area contributed by atoms with Crippen LogP contribution in [0.2, 0.25) is 0 Å². The van der Waals surface area contributed by atoms with Crippen molar-refractivity contribution in [2.24, 2.45) is 5.41 Å². The van der Waals surface area contributed by atoms with E-state index in [1.807, 2.05) is 0 Å². The number of nitrogens with zero attached hydrogens (tertiary/aromatic N) is 1. The summed E-state index contributed by atoms with van der Waals surface area (Å²) in [5.74, 6) is -0.0101. The predicted octanol–water partition coefficient (Wildman–Crippen LogP) is 2.91. The molecule has 0 aromatic carbocycles.